The molecule has 0 aliphatic carbocycles. The third-order valence-corrected chi connectivity index (χ3v) is 5.11. The maximum atomic E-state index is 12.2. The number of ether oxygens (including phenoxy) is 3. The maximum absolute atomic E-state index is 12.2. The lowest BCUT2D eigenvalue weighted by atomic mass is 10.1. The quantitative estimate of drug-likeness (QED) is 0.614. The van der Waals surface area contributed by atoms with E-state index in [-0.39, 0.29) is 10.8 Å². The zero-order chi connectivity index (χ0) is 19.5. The van der Waals surface area contributed by atoms with E-state index in [2.05, 4.69) is 10.3 Å². The highest BCUT2D eigenvalue weighted by Crippen LogP contribution is 2.30. The van der Waals surface area contributed by atoms with Gasteiger partial charge in [-0.2, -0.15) is 0 Å². The van der Waals surface area contributed by atoms with Crippen LogP contribution in [0.1, 0.15) is 16.1 Å². The zero-order valence-electron chi connectivity index (χ0n) is 14.6. The van der Waals surface area contributed by atoms with Crippen molar-refractivity contribution in [1.82, 2.24) is 14.7 Å². The van der Waals surface area contributed by atoms with Crippen molar-refractivity contribution in [2.24, 2.45) is 0 Å². The van der Waals surface area contributed by atoms with E-state index in [1.807, 2.05) is 18.2 Å². The van der Waals surface area contributed by atoms with Crippen LogP contribution in [-0.4, -0.2) is 47.6 Å². The first-order chi connectivity index (χ1) is 13.6. The topological polar surface area (TPSA) is 91.2 Å². The maximum Gasteiger partial charge on any atom is 0.359 e. The number of amides is 1. The summed E-state index contributed by atoms with van der Waals surface area (Å²) in [6.45, 7) is 1.08. The molecule has 0 saturated heterocycles. The Labute approximate surface area is 169 Å². The number of carbonyl (C=O) groups excluding carboxylic acids is 2. The molecule has 0 unspecified atom stereocenters. The molecule has 1 aromatic carbocycles. The Hall–Kier alpha value is -2.78. The van der Waals surface area contributed by atoms with Crippen LogP contribution in [0, 0.1) is 0 Å². The van der Waals surface area contributed by atoms with E-state index in [1.165, 1.54) is 15.7 Å². The first-order valence-electron chi connectivity index (χ1n) is 8.55. The number of rotatable bonds is 6. The van der Waals surface area contributed by atoms with Crippen molar-refractivity contribution >= 4 is 39.8 Å². The van der Waals surface area contributed by atoms with E-state index in [1.54, 1.807) is 11.6 Å². The molecule has 0 atom stereocenters. The highest BCUT2D eigenvalue weighted by atomic mass is 35.5. The predicted molar refractivity (Wildman–Crippen MR) is 103 cm³/mol. The number of thiazole rings is 1. The molecular formula is C18H16ClN3O5S. The number of hydrogen-bond donors (Lipinski definition) is 1. The van der Waals surface area contributed by atoms with Gasteiger partial charge in [0.25, 0.3) is 5.91 Å². The van der Waals surface area contributed by atoms with Crippen LogP contribution >= 0.6 is 22.9 Å². The molecule has 146 valence electrons. The van der Waals surface area contributed by atoms with Crippen molar-refractivity contribution in [3.8, 4) is 11.5 Å². The third-order valence-electron chi connectivity index (χ3n) is 4.09. The molecule has 1 amide bonds. The molecule has 1 aliphatic heterocycles. The highest BCUT2D eigenvalue weighted by Gasteiger charge is 2.21. The van der Waals surface area contributed by atoms with Gasteiger partial charge in [0.15, 0.2) is 33.9 Å². The van der Waals surface area contributed by atoms with E-state index in [0.717, 1.165) is 11.3 Å². The largest absolute Gasteiger partial charge is 0.486 e. The van der Waals surface area contributed by atoms with Gasteiger partial charge in [0.1, 0.15) is 13.2 Å². The summed E-state index contributed by atoms with van der Waals surface area (Å²) in [6.07, 6.45) is 2.28. The van der Waals surface area contributed by atoms with Crippen LogP contribution in [0.15, 0.2) is 29.8 Å². The fraction of sp³-hybridized carbons (Fsp3) is 0.278. The molecule has 0 saturated carbocycles. The molecule has 2 aromatic heterocycles. The normalized spacial score (nSPS) is 12.8. The van der Waals surface area contributed by atoms with Gasteiger partial charge in [0.05, 0.1) is 0 Å². The Morgan fingerprint density at radius 1 is 1.29 bits per heavy atom. The Balaban J connectivity index is 1.25. The second-order valence-corrected chi connectivity index (χ2v) is 7.19. The Morgan fingerprint density at radius 2 is 2.11 bits per heavy atom. The summed E-state index contributed by atoms with van der Waals surface area (Å²) in [5, 5.41) is 4.55. The van der Waals surface area contributed by atoms with Gasteiger partial charge in [-0.1, -0.05) is 17.7 Å². The molecule has 10 heteroatoms. The van der Waals surface area contributed by atoms with Gasteiger partial charge in [-0.25, -0.2) is 9.78 Å². The minimum absolute atomic E-state index is 0.0517. The minimum Gasteiger partial charge on any atom is -0.486 e. The molecule has 28 heavy (non-hydrogen) atoms. The van der Waals surface area contributed by atoms with Gasteiger partial charge in [-0.15, -0.1) is 11.3 Å². The standard InChI is InChI=1S/C18H16ClN3O5S/c19-16-15(22-5-8-28-18(22)21-16)17(24)27-10-14(23)20-4-3-11-1-2-12-13(9-11)26-7-6-25-12/h1-2,5,8-9H,3-4,6-7,10H2,(H,20,23). The van der Waals surface area contributed by atoms with Gasteiger partial charge >= 0.3 is 5.97 Å². The summed E-state index contributed by atoms with van der Waals surface area (Å²) < 4.78 is 17.6. The Morgan fingerprint density at radius 3 is 2.96 bits per heavy atom. The molecule has 0 radical (unpaired) electrons. The van der Waals surface area contributed by atoms with E-state index >= 15 is 0 Å². The molecule has 1 N–H and O–H groups in total. The fourth-order valence-electron chi connectivity index (χ4n) is 2.78. The van der Waals surface area contributed by atoms with Gasteiger partial charge < -0.3 is 19.5 Å². The summed E-state index contributed by atoms with van der Waals surface area (Å²) in [7, 11) is 0. The molecule has 0 spiro atoms. The number of nitrogens with one attached hydrogen (secondary N) is 1. The van der Waals surface area contributed by atoms with E-state index < -0.39 is 18.5 Å². The van der Waals surface area contributed by atoms with Crippen molar-refractivity contribution in [3.63, 3.8) is 0 Å². The van der Waals surface area contributed by atoms with Crippen LogP contribution in [0.3, 0.4) is 0 Å². The minimum atomic E-state index is -0.696. The number of nitrogens with zero attached hydrogens (tertiary/aromatic N) is 2. The van der Waals surface area contributed by atoms with E-state index in [4.69, 9.17) is 25.8 Å². The van der Waals surface area contributed by atoms with Crippen LogP contribution in [0.5, 0.6) is 11.5 Å². The molecule has 3 aromatic rings. The van der Waals surface area contributed by atoms with Gasteiger partial charge in [0.2, 0.25) is 0 Å². The van der Waals surface area contributed by atoms with Crippen LogP contribution in [0.25, 0.3) is 4.96 Å². The molecule has 0 bridgehead atoms. The lowest BCUT2D eigenvalue weighted by molar-refractivity contribution is -0.124. The number of aromatic nitrogens is 2. The van der Waals surface area contributed by atoms with Crippen LogP contribution in [-0.2, 0) is 16.0 Å². The predicted octanol–water partition coefficient (Wildman–Crippen LogP) is 2.34. The van der Waals surface area contributed by atoms with Crippen molar-refractivity contribution in [3.05, 3.63) is 46.2 Å². The van der Waals surface area contributed by atoms with Gasteiger partial charge in [-0.3, -0.25) is 9.20 Å². The summed E-state index contributed by atoms with van der Waals surface area (Å²) in [5.74, 6) is 0.344. The number of benzene rings is 1. The third kappa shape index (κ3) is 3.90. The monoisotopic (exact) mass is 421 g/mol. The highest BCUT2D eigenvalue weighted by molar-refractivity contribution is 7.15. The number of esters is 1. The summed E-state index contributed by atoms with van der Waals surface area (Å²) in [4.78, 5) is 28.8. The first-order valence-corrected chi connectivity index (χ1v) is 9.81. The van der Waals surface area contributed by atoms with Gasteiger partial charge in [-0.05, 0) is 24.1 Å². The Bertz CT molecular complexity index is 1030. The van der Waals surface area contributed by atoms with Crippen molar-refractivity contribution in [2.75, 3.05) is 26.4 Å². The molecule has 3 heterocycles. The van der Waals surface area contributed by atoms with Crippen LogP contribution < -0.4 is 14.8 Å². The van der Waals surface area contributed by atoms with Crippen molar-refractivity contribution < 1.29 is 23.8 Å². The average Bonchev–Trinajstić information content (AvgIpc) is 3.26. The number of fused-ring (bicyclic) bond motifs is 2. The SMILES string of the molecule is O=C(COC(=O)c1c(Cl)nc2sccn12)NCCc1ccc2c(c1)OCCO2. The average molecular weight is 422 g/mol. The van der Waals surface area contributed by atoms with E-state index in [0.29, 0.717) is 36.9 Å². The first kappa shape index (κ1) is 18.6. The van der Waals surface area contributed by atoms with Crippen molar-refractivity contribution in [2.45, 2.75) is 6.42 Å². The number of imidazole rings is 1. The molecule has 4 rings (SSSR count). The second-order valence-electron chi connectivity index (χ2n) is 5.96. The molecule has 8 nitrogen and oxygen atoms in total. The summed E-state index contributed by atoms with van der Waals surface area (Å²) in [5.41, 5.74) is 1.12. The van der Waals surface area contributed by atoms with Crippen LogP contribution in [0.2, 0.25) is 5.15 Å². The van der Waals surface area contributed by atoms with E-state index in [9.17, 15) is 9.59 Å². The molecule has 1 aliphatic rings. The number of hydrogen-bond acceptors (Lipinski definition) is 7. The molecule has 0 fully saturated rings. The zero-order valence-corrected chi connectivity index (χ0v) is 16.2. The Kier molecular flexibility index (Phi) is 5.36. The number of halogens is 1. The second kappa shape index (κ2) is 8.07. The summed E-state index contributed by atoms with van der Waals surface area (Å²) >= 11 is 7.32. The van der Waals surface area contributed by atoms with Crippen molar-refractivity contribution in [1.29, 1.82) is 0 Å². The lowest BCUT2D eigenvalue weighted by Gasteiger charge is -2.18. The fourth-order valence-corrected chi connectivity index (χ4v) is 3.79. The lowest BCUT2D eigenvalue weighted by Crippen LogP contribution is -2.30. The van der Waals surface area contributed by atoms with Crippen LogP contribution in [0.4, 0.5) is 0 Å². The molecular weight excluding hydrogens is 406 g/mol. The van der Waals surface area contributed by atoms with Gasteiger partial charge in [0, 0.05) is 18.1 Å². The number of carbonyl (C=O) groups is 2. The summed E-state index contributed by atoms with van der Waals surface area (Å²) in [6, 6.07) is 5.68. The smallest absolute Gasteiger partial charge is 0.359 e.